The monoisotopic (exact) mass is 438 g/mol. The molecule has 7 heteroatoms. The largest absolute Gasteiger partial charge is 0.322 e. The molecule has 2 aromatic carbocycles. The first kappa shape index (κ1) is 21.2. The molecule has 1 fully saturated rings. The fraction of sp³-hybridized carbons (Fsp3) is 0.333. The number of nitrogens with one attached hydrogen (secondary N) is 1. The minimum absolute atomic E-state index is 0.106. The second-order valence-electron chi connectivity index (χ2n) is 8.20. The summed E-state index contributed by atoms with van der Waals surface area (Å²) in [6, 6.07) is 10.6. The zero-order chi connectivity index (χ0) is 22.1. The lowest BCUT2D eigenvalue weighted by Gasteiger charge is -2.29. The Bertz CT molecular complexity index is 1090. The number of hydrogen-bond acceptors (Lipinski definition) is 4. The molecule has 2 aromatic rings. The summed E-state index contributed by atoms with van der Waals surface area (Å²) in [5, 5.41) is 2.91. The summed E-state index contributed by atoms with van der Waals surface area (Å²) in [5.74, 6) is -0.808. The average Bonchev–Trinajstić information content (AvgIpc) is 3.05. The van der Waals surface area contributed by atoms with Gasteiger partial charge in [0.25, 0.3) is 5.91 Å². The van der Waals surface area contributed by atoms with E-state index in [1.165, 1.54) is 4.90 Å². The Hall–Kier alpha value is -2.99. The predicted octanol–water partition coefficient (Wildman–Crippen LogP) is 3.15. The van der Waals surface area contributed by atoms with E-state index >= 15 is 0 Å². The molecular weight excluding hydrogens is 416 g/mol. The molecule has 0 spiro atoms. The molecule has 3 amide bonds. The van der Waals surface area contributed by atoms with Crippen molar-refractivity contribution >= 4 is 35.1 Å². The van der Waals surface area contributed by atoms with Crippen LogP contribution in [0.15, 0.2) is 36.4 Å². The van der Waals surface area contributed by atoms with Gasteiger partial charge in [0.05, 0.1) is 0 Å². The van der Waals surface area contributed by atoms with E-state index in [-0.39, 0.29) is 24.0 Å². The van der Waals surface area contributed by atoms with Gasteiger partial charge in [0.1, 0.15) is 11.8 Å². The van der Waals surface area contributed by atoms with Crippen LogP contribution in [0.25, 0.3) is 0 Å². The van der Waals surface area contributed by atoms with E-state index in [1.807, 2.05) is 37.3 Å². The summed E-state index contributed by atoms with van der Waals surface area (Å²) in [6.45, 7) is 2.30. The highest BCUT2D eigenvalue weighted by Crippen LogP contribution is 2.28. The molecule has 0 saturated carbocycles. The Morgan fingerprint density at radius 1 is 1.16 bits per heavy atom. The van der Waals surface area contributed by atoms with Gasteiger partial charge in [0.2, 0.25) is 11.8 Å². The minimum atomic E-state index is -0.623. The lowest BCUT2D eigenvalue weighted by atomic mass is 9.99. The van der Waals surface area contributed by atoms with Crippen LogP contribution in [-0.4, -0.2) is 34.4 Å². The van der Waals surface area contributed by atoms with Crippen LogP contribution in [0.1, 0.15) is 51.9 Å². The molecule has 1 atom stereocenters. The molecule has 2 aliphatic rings. The zero-order valence-electron chi connectivity index (χ0n) is 17.2. The van der Waals surface area contributed by atoms with Crippen LogP contribution in [0, 0.1) is 6.92 Å². The fourth-order valence-corrected chi connectivity index (χ4v) is 4.39. The Balaban J connectivity index is 1.39. The zero-order valence-corrected chi connectivity index (χ0v) is 18.0. The summed E-state index contributed by atoms with van der Waals surface area (Å²) in [7, 11) is 0. The number of amides is 3. The van der Waals surface area contributed by atoms with Gasteiger partial charge in [-0.15, -0.1) is 0 Å². The Morgan fingerprint density at radius 3 is 2.74 bits per heavy atom. The summed E-state index contributed by atoms with van der Waals surface area (Å²) in [4.78, 5) is 50.3. The van der Waals surface area contributed by atoms with Crippen molar-refractivity contribution in [1.29, 1.82) is 0 Å². The topological polar surface area (TPSA) is 83.6 Å². The third-order valence-corrected chi connectivity index (χ3v) is 6.24. The quantitative estimate of drug-likeness (QED) is 0.702. The SMILES string of the molecule is Cc1ccc(Cl)c(CC(=O)CCc2ccc3c(c2)CN(C2CCC(=O)NC2=O)C3=O)c1. The number of carbonyl (C=O) groups is 4. The van der Waals surface area contributed by atoms with E-state index in [1.54, 1.807) is 6.07 Å². The van der Waals surface area contributed by atoms with Crippen molar-refractivity contribution in [2.45, 2.75) is 51.6 Å². The van der Waals surface area contributed by atoms with Gasteiger partial charge in [-0.05, 0) is 48.6 Å². The Labute approximate surface area is 185 Å². The molecule has 2 heterocycles. The molecule has 1 unspecified atom stereocenters. The molecule has 4 rings (SSSR count). The molecule has 0 aliphatic carbocycles. The van der Waals surface area contributed by atoms with Crippen molar-refractivity contribution in [3.63, 3.8) is 0 Å². The number of hydrogen-bond donors (Lipinski definition) is 1. The van der Waals surface area contributed by atoms with Crippen molar-refractivity contribution in [3.05, 3.63) is 69.2 Å². The molecule has 0 aromatic heterocycles. The van der Waals surface area contributed by atoms with Crippen molar-refractivity contribution in [1.82, 2.24) is 10.2 Å². The van der Waals surface area contributed by atoms with E-state index in [0.717, 1.165) is 22.3 Å². The highest BCUT2D eigenvalue weighted by atomic mass is 35.5. The summed E-state index contributed by atoms with van der Waals surface area (Å²) < 4.78 is 0. The number of fused-ring (bicyclic) bond motifs is 1. The third kappa shape index (κ3) is 4.54. The van der Waals surface area contributed by atoms with Crippen LogP contribution in [-0.2, 0) is 33.8 Å². The Kier molecular flexibility index (Phi) is 5.92. The van der Waals surface area contributed by atoms with Gasteiger partial charge in [-0.3, -0.25) is 24.5 Å². The summed E-state index contributed by atoms with van der Waals surface area (Å²) >= 11 is 6.20. The van der Waals surface area contributed by atoms with E-state index in [2.05, 4.69) is 5.32 Å². The molecular formula is C24H23ClN2O4. The lowest BCUT2D eigenvalue weighted by molar-refractivity contribution is -0.137. The van der Waals surface area contributed by atoms with Gasteiger partial charge in [0, 0.05) is 36.4 Å². The number of halogens is 1. The lowest BCUT2D eigenvalue weighted by Crippen LogP contribution is -2.52. The van der Waals surface area contributed by atoms with Crippen LogP contribution >= 0.6 is 11.6 Å². The smallest absolute Gasteiger partial charge is 0.255 e. The maximum atomic E-state index is 12.8. The van der Waals surface area contributed by atoms with Gasteiger partial charge in [-0.1, -0.05) is 41.4 Å². The first-order valence-electron chi connectivity index (χ1n) is 10.3. The van der Waals surface area contributed by atoms with Gasteiger partial charge in [0.15, 0.2) is 0 Å². The molecule has 160 valence electrons. The van der Waals surface area contributed by atoms with E-state index < -0.39 is 11.9 Å². The van der Waals surface area contributed by atoms with Crippen LogP contribution in [0.2, 0.25) is 5.02 Å². The first-order chi connectivity index (χ1) is 14.8. The maximum absolute atomic E-state index is 12.8. The number of benzene rings is 2. The number of Topliss-reactive ketones (excluding diaryl/α,β-unsaturated/α-hetero) is 1. The highest BCUT2D eigenvalue weighted by Gasteiger charge is 2.39. The summed E-state index contributed by atoms with van der Waals surface area (Å²) in [6.07, 6.45) is 1.82. The van der Waals surface area contributed by atoms with Crippen LogP contribution in [0.4, 0.5) is 0 Å². The molecule has 2 aliphatic heterocycles. The van der Waals surface area contributed by atoms with Crippen LogP contribution < -0.4 is 5.32 Å². The number of rotatable bonds is 6. The molecule has 1 saturated heterocycles. The number of imide groups is 1. The average molecular weight is 439 g/mol. The van der Waals surface area contributed by atoms with Crippen LogP contribution in [0.3, 0.4) is 0 Å². The van der Waals surface area contributed by atoms with E-state index in [0.29, 0.717) is 42.8 Å². The second-order valence-corrected chi connectivity index (χ2v) is 8.61. The molecule has 6 nitrogen and oxygen atoms in total. The van der Waals surface area contributed by atoms with Gasteiger partial charge in [-0.2, -0.15) is 0 Å². The number of nitrogens with zero attached hydrogens (tertiary/aromatic N) is 1. The first-order valence-corrected chi connectivity index (χ1v) is 10.7. The number of carbonyl (C=O) groups excluding carboxylic acids is 4. The standard InChI is InChI=1S/C24H23ClN2O4/c1-14-2-7-20(25)16(10-14)12-18(28)5-3-15-4-6-19-17(11-15)13-27(24(19)31)21-8-9-22(29)26-23(21)30/h2,4,6-7,10-11,21H,3,5,8-9,12-13H2,1H3,(H,26,29,30). The van der Waals surface area contributed by atoms with Crippen molar-refractivity contribution in [3.8, 4) is 0 Å². The van der Waals surface area contributed by atoms with Gasteiger partial charge >= 0.3 is 0 Å². The third-order valence-electron chi connectivity index (χ3n) is 5.87. The number of ketones is 1. The van der Waals surface area contributed by atoms with Crippen molar-refractivity contribution < 1.29 is 19.2 Å². The minimum Gasteiger partial charge on any atom is -0.322 e. The van der Waals surface area contributed by atoms with Gasteiger partial charge in [-0.25, -0.2) is 0 Å². The van der Waals surface area contributed by atoms with E-state index in [9.17, 15) is 19.2 Å². The summed E-state index contributed by atoms with van der Waals surface area (Å²) in [5.41, 5.74) is 4.30. The van der Waals surface area contributed by atoms with Crippen molar-refractivity contribution in [2.75, 3.05) is 0 Å². The second kappa shape index (κ2) is 8.63. The molecule has 0 radical (unpaired) electrons. The fourth-order valence-electron chi connectivity index (χ4n) is 4.21. The molecule has 31 heavy (non-hydrogen) atoms. The van der Waals surface area contributed by atoms with Crippen LogP contribution in [0.5, 0.6) is 0 Å². The normalized spacial score (nSPS) is 18.2. The maximum Gasteiger partial charge on any atom is 0.255 e. The number of piperidine rings is 1. The van der Waals surface area contributed by atoms with Crippen molar-refractivity contribution in [2.24, 2.45) is 0 Å². The highest BCUT2D eigenvalue weighted by molar-refractivity contribution is 6.31. The molecule has 1 N–H and O–H groups in total. The Morgan fingerprint density at radius 2 is 1.97 bits per heavy atom. The van der Waals surface area contributed by atoms with Gasteiger partial charge < -0.3 is 4.90 Å². The predicted molar refractivity (Wildman–Crippen MR) is 116 cm³/mol. The molecule has 0 bridgehead atoms. The van der Waals surface area contributed by atoms with E-state index in [4.69, 9.17) is 11.6 Å². The number of aryl methyl sites for hydroxylation is 2.